The zero-order valence-electron chi connectivity index (χ0n) is 6.41. The summed E-state index contributed by atoms with van der Waals surface area (Å²) in [6.45, 7) is 3.75. The summed E-state index contributed by atoms with van der Waals surface area (Å²) in [4.78, 5) is -0.380. The van der Waals surface area contributed by atoms with Crippen molar-refractivity contribution in [3.8, 4) is 0 Å². The smallest absolute Gasteiger partial charge is 0.212 e. The van der Waals surface area contributed by atoms with E-state index < -0.39 is 9.05 Å². The molecule has 68 valence electrons. The van der Waals surface area contributed by atoms with E-state index in [-0.39, 0.29) is 12.6 Å². The molecule has 0 aliphatic carbocycles. The minimum Gasteiger partial charge on any atom is -0.212 e. The second kappa shape index (κ2) is 5.30. The van der Waals surface area contributed by atoms with Gasteiger partial charge in [0.15, 0.2) is 0 Å². The van der Waals surface area contributed by atoms with Gasteiger partial charge in [-0.15, -0.1) is 8.93 Å². The molecular formula is C4H12ClO2P3S. The quantitative estimate of drug-likeness (QED) is 0.569. The van der Waals surface area contributed by atoms with E-state index >= 15 is 0 Å². The van der Waals surface area contributed by atoms with Crippen molar-refractivity contribution >= 4 is 44.9 Å². The van der Waals surface area contributed by atoms with Crippen molar-refractivity contribution in [3.05, 3.63) is 0 Å². The molecule has 11 heavy (non-hydrogen) atoms. The molecule has 0 heterocycles. The summed E-state index contributed by atoms with van der Waals surface area (Å²) in [5.41, 5.74) is 0. The van der Waals surface area contributed by atoms with E-state index in [1.54, 1.807) is 6.92 Å². The van der Waals surface area contributed by atoms with E-state index in [0.29, 0.717) is 8.58 Å². The van der Waals surface area contributed by atoms with Gasteiger partial charge in [-0.2, -0.15) is 0 Å². The Balaban J connectivity index is 3.81. The molecule has 0 bridgehead atoms. The Bertz CT molecular complexity index is 203. The molecule has 0 aromatic heterocycles. The van der Waals surface area contributed by atoms with Gasteiger partial charge in [0.05, 0.1) is 4.99 Å². The molecule has 0 aromatic carbocycles. The average molecular weight is 253 g/mol. The molecule has 0 N–H and O–H groups in total. The molecule has 0 radical (unpaired) electrons. The van der Waals surface area contributed by atoms with E-state index in [0.717, 1.165) is 5.90 Å². The number of hydrogen-bond acceptors (Lipinski definition) is 2. The molecule has 4 atom stereocenters. The molecule has 0 amide bonds. The fourth-order valence-corrected chi connectivity index (χ4v) is 5.54. The summed E-state index contributed by atoms with van der Waals surface area (Å²) in [6, 6.07) is 0. The third kappa shape index (κ3) is 6.67. The lowest BCUT2D eigenvalue weighted by Crippen LogP contribution is -2.04. The molecule has 7 heteroatoms. The monoisotopic (exact) mass is 252 g/mol. The summed E-state index contributed by atoms with van der Waals surface area (Å²) >= 11 is 0. The van der Waals surface area contributed by atoms with E-state index in [1.165, 1.54) is 0 Å². The number of rotatable bonds is 4. The first-order valence-electron chi connectivity index (χ1n) is 2.96. The second-order valence-electron chi connectivity index (χ2n) is 2.24. The zero-order valence-corrected chi connectivity index (χ0v) is 11.0. The lowest BCUT2D eigenvalue weighted by molar-refractivity contribution is 0.608. The minimum absolute atomic E-state index is 0.0742. The molecule has 0 saturated heterocycles. The summed E-state index contributed by atoms with van der Waals surface area (Å²) in [6.07, 6.45) is 0. The zero-order chi connectivity index (χ0) is 9.07. The van der Waals surface area contributed by atoms with Crippen LogP contribution in [0.2, 0.25) is 0 Å². The van der Waals surface area contributed by atoms with Gasteiger partial charge in [0.1, 0.15) is 0 Å². The maximum atomic E-state index is 10.7. The van der Waals surface area contributed by atoms with Crippen LogP contribution >= 0.6 is 35.8 Å². The predicted molar refractivity (Wildman–Crippen MR) is 60.0 cm³/mol. The average Bonchev–Trinajstić information content (AvgIpc) is 1.80. The van der Waals surface area contributed by atoms with Crippen LogP contribution in [0, 0.1) is 0 Å². The van der Waals surface area contributed by atoms with Crippen LogP contribution in [-0.4, -0.2) is 26.0 Å². The van der Waals surface area contributed by atoms with Gasteiger partial charge < -0.3 is 0 Å². The molecule has 0 spiro atoms. The molecule has 0 aliphatic heterocycles. The predicted octanol–water partition coefficient (Wildman–Crippen LogP) is 2.44. The van der Waals surface area contributed by atoms with Crippen LogP contribution in [0.4, 0.5) is 0 Å². The highest BCUT2D eigenvalue weighted by Gasteiger charge is 2.16. The topological polar surface area (TPSA) is 34.1 Å². The van der Waals surface area contributed by atoms with Gasteiger partial charge >= 0.3 is 0 Å². The van der Waals surface area contributed by atoms with Crippen LogP contribution in [0.15, 0.2) is 0 Å². The van der Waals surface area contributed by atoms with Gasteiger partial charge in [0.25, 0.3) is 0 Å². The van der Waals surface area contributed by atoms with Crippen molar-refractivity contribution in [3.63, 3.8) is 0 Å². The molecule has 2 nitrogen and oxygen atoms in total. The van der Waals surface area contributed by atoms with Gasteiger partial charge in [-0.05, 0) is 19.5 Å². The molecule has 4 unspecified atom stereocenters. The first kappa shape index (κ1) is 12.5. The fraction of sp³-hybridized carbons (Fsp3) is 1.00. The Kier molecular flexibility index (Phi) is 6.04. The van der Waals surface area contributed by atoms with Crippen LogP contribution in [0.5, 0.6) is 0 Å². The fourth-order valence-electron chi connectivity index (χ4n) is 0.372. The van der Waals surface area contributed by atoms with Gasteiger partial charge in [-0.1, -0.05) is 16.2 Å². The second-order valence-corrected chi connectivity index (χ2v) is 12.3. The summed E-state index contributed by atoms with van der Waals surface area (Å²) in [7, 11) is 4.88. The van der Waals surface area contributed by atoms with Crippen molar-refractivity contribution < 1.29 is 8.42 Å². The minimum atomic E-state index is -3.31. The maximum Gasteiger partial charge on any atom is 0.238 e. The van der Waals surface area contributed by atoms with E-state index in [9.17, 15) is 8.42 Å². The van der Waals surface area contributed by atoms with Crippen LogP contribution in [-0.2, 0) is 9.05 Å². The Morgan fingerprint density at radius 1 is 1.73 bits per heavy atom. The van der Waals surface area contributed by atoms with Gasteiger partial charge in [0, 0.05) is 10.7 Å². The lowest BCUT2D eigenvalue weighted by Gasteiger charge is -2.09. The first-order valence-corrected chi connectivity index (χ1v) is 10.2. The van der Waals surface area contributed by atoms with Gasteiger partial charge in [0.2, 0.25) is 9.05 Å². The first-order chi connectivity index (χ1) is 4.84. The number of hydrogen-bond donors (Lipinski definition) is 0. The highest BCUT2D eigenvalue weighted by molar-refractivity contribution is 8.19. The highest BCUT2D eigenvalue weighted by atomic mass is 35.7. The van der Waals surface area contributed by atoms with Gasteiger partial charge in [-0.3, -0.25) is 0 Å². The summed E-state index contributed by atoms with van der Waals surface area (Å²) < 4.78 is 21.4. The molecule has 0 fully saturated rings. The standard InChI is InChI=1S/C4H12ClO2P3S/c1-4(11(5,6)7)9-3-10(2)8/h4,9H,3,8H2,1-2H3. The Labute approximate surface area is 77.9 Å². The Morgan fingerprint density at radius 3 is 2.45 bits per heavy atom. The van der Waals surface area contributed by atoms with Crippen LogP contribution in [0.1, 0.15) is 6.92 Å². The van der Waals surface area contributed by atoms with Crippen molar-refractivity contribution in [2.75, 3.05) is 12.6 Å². The summed E-state index contributed by atoms with van der Waals surface area (Å²) in [5.74, 6) is 0.965. The molecule has 0 saturated carbocycles. The van der Waals surface area contributed by atoms with Crippen molar-refractivity contribution in [2.24, 2.45) is 0 Å². The van der Waals surface area contributed by atoms with Crippen LogP contribution in [0.3, 0.4) is 0 Å². The largest absolute Gasteiger partial charge is 0.238 e. The van der Waals surface area contributed by atoms with Crippen molar-refractivity contribution in [2.45, 2.75) is 11.9 Å². The third-order valence-electron chi connectivity index (χ3n) is 1.05. The Morgan fingerprint density at radius 2 is 2.18 bits per heavy atom. The van der Waals surface area contributed by atoms with Crippen molar-refractivity contribution in [1.29, 1.82) is 0 Å². The van der Waals surface area contributed by atoms with E-state index in [4.69, 9.17) is 10.7 Å². The Hall–Kier alpha value is 1.53. The highest BCUT2D eigenvalue weighted by Crippen LogP contribution is 2.47. The third-order valence-corrected chi connectivity index (χ3v) is 9.52. The number of halogens is 1. The van der Waals surface area contributed by atoms with Crippen LogP contribution in [0.25, 0.3) is 0 Å². The molecular weight excluding hydrogens is 240 g/mol. The van der Waals surface area contributed by atoms with E-state index in [2.05, 4.69) is 15.6 Å². The normalized spacial score (nSPS) is 18.9. The lowest BCUT2D eigenvalue weighted by atomic mass is 11.0. The van der Waals surface area contributed by atoms with Crippen molar-refractivity contribution in [1.82, 2.24) is 0 Å². The van der Waals surface area contributed by atoms with E-state index in [1.807, 2.05) is 0 Å². The molecule has 0 aliphatic rings. The SMILES string of the molecule is CC(PCP(C)P)S(=O)(=O)Cl. The molecule has 0 aromatic rings. The maximum absolute atomic E-state index is 10.7. The molecule has 0 rings (SSSR count). The van der Waals surface area contributed by atoms with Gasteiger partial charge in [-0.25, -0.2) is 8.42 Å². The van der Waals surface area contributed by atoms with Crippen LogP contribution < -0.4 is 0 Å². The summed E-state index contributed by atoms with van der Waals surface area (Å²) in [5, 5.41) is 0.